The van der Waals surface area contributed by atoms with E-state index in [9.17, 15) is 0 Å². The fraction of sp³-hybridized carbons (Fsp3) is 0.636. The van der Waals surface area contributed by atoms with Crippen molar-refractivity contribution in [2.45, 2.75) is 44.6 Å². The van der Waals surface area contributed by atoms with Gasteiger partial charge in [0.2, 0.25) is 0 Å². The first-order valence-electron chi connectivity index (χ1n) is 4.69. The van der Waals surface area contributed by atoms with Crippen LogP contribution in [-0.4, -0.2) is 5.54 Å². The molecule has 0 saturated heterocycles. The Bertz CT molecular complexity index is 128. The first-order chi connectivity index (χ1) is 5.68. The minimum absolute atomic E-state index is 0.0838. The van der Waals surface area contributed by atoms with E-state index in [4.69, 9.17) is 5.73 Å². The summed E-state index contributed by atoms with van der Waals surface area (Å²) in [6.07, 6.45) is 9.04. The maximum Gasteiger partial charge on any atom is 0.0223 e. The highest BCUT2D eigenvalue weighted by atomic mass is 14.7. The van der Waals surface area contributed by atoms with Gasteiger partial charge in [-0.15, -0.1) is 13.2 Å². The average Bonchev–Trinajstić information content (AvgIpc) is 2.02. The molecule has 0 radical (unpaired) electrons. The first kappa shape index (κ1) is 11.4. The lowest BCUT2D eigenvalue weighted by atomic mass is 9.87. The zero-order valence-electron chi connectivity index (χ0n) is 8.18. The Morgan fingerprint density at radius 3 is 2.08 bits per heavy atom. The van der Waals surface area contributed by atoms with E-state index < -0.39 is 0 Å². The normalized spacial score (nSPS) is 11.2. The van der Waals surface area contributed by atoms with Crippen molar-refractivity contribution in [3.63, 3.8) is 0 Å². The van der Waals surface area contributed by atoms with Crippen molar-refractivity contribution < 1.29 is 0 Å². The molecule has 0 atom stereocenters. The Morgan fingerprint density at radius 1 is 1.25 bits per heavy atom. The van der Waals surface area contributed by atoms with Crippen LogP contribution in [0.3, 0.4) is 0 Å². The molecule has 0 saturated carbocycles. The van der Waals surface area contributed by atoms with Gasteiger partial charge in [0.05, 0.1) is 0 Å². The summed E-state index contributed by atoms with van der Waals surface area (Å²) < 4.78 is 0. The highest BCUT2D eigenvalue weighted by molar-refractivity contribution is 4.95. The van der Waals surface area contributed by atoms with Crippen LogP contribution in [0.15, 0.2) is 25.3 Å². The number of hydrogen-bond acceptors (Lipinski definition) is 1. The van der Waals surface area contributed by atoms with Crippen molar-refractivity contribution in [1.82, 2.24) is 0 Å². The number of hydrogen-bond donors (Lipinski definition) is 1. The maximum absolute atomic E-state index is 6.16. The molecule has 0 aliphatic rings. The van der Waals surface area contributed by atoms with E-state index >= 15 is 0 Å². The summed E-state index contributed by atoms with van der Waals surface area (Å²) in [6, 6.07) is 0. The Labute approximate surface area is 76.3 Å². The Morgan fingerprint density at radius 2 is 1.75 bits per heavy atom. The van der Waals surface area contributed by atoms with Gasteiger partial charge in [0.15, 0.2) is 0 Å². The van der Waals surface area contributed by atoms with Gasteiger partial charge in [0.25, 0.3) is 0 Å². The maximum atomic E-state index is 6.16. The quantitative estimate of drug-likeness (QED) is 0.579. The lowest BCUT2D eigenvalue weighted by Gasteiger charge is -2.26. The summed E-state index contributed by atoms with van der Waals surface area (Å²) >= 11 is 0. The fourth-order valence-corrected chi connectivity index (χ4v) is 1.39. The smallest absolute Gasteiger partial charge is 0.0223 e. The third kappa shape index (κ3) is 4.35. The van der Waals surface area contributed by atoms with Gasteiger partial charge in [-0.3, -0.25) is 0 Å². The van der Waals surface area contributed by atoms with Gasteiger partial charge < -0.3 is 5.73 Å². The molecule has 0 fully saturated rings. The molecule has 0 aromatic heterocycles. The lowest BCUT2D eigenvalue weighted by molar-refractivity contribution is 0.388. The standard InChI is InChI=1S/C11H21N/c1-4-7-10-11(12,8-5-2)9-6-3/h5-6H,2-4,7-10,12H2,1H3. The number of nitrogens with two attached hydrogens (primary N) is 1. The summed E-state index contributed by atoms with van der Waals surface area (Å²) in [6.45, 7) is 9.63. The SMILES string of the molecule is C=CCC(N)(CC=C)CCCC. The Hall–Kier alpha value is -0.560. The molecule has 0 aliphatic carbocycles. The van der Waals surface area contributed by atoms with E-state index in [2.05, 4.69) is 20.1 Å². The topological polar surface area (TPSA) is 26.0 Å². The van der Waals surface area contributed by atoms with Gasteiger partial charge in [0, 0.05) is 5.54 Å². The van der Waals surface area contributed by atoms with E-state index in [-0.39, 0.29) is 5.54 Å². The van der Waals surface area contributed by atoms with Crippen LogP contribution >= 0.6 is 0 Å². The molecule has 1 nitrogen and oxygen atoms in total. The molecule has 1 heteroatoms. The molecular weight excluding hydrogens is 146 g/mol. The Kier molecular flexibility index (Phi) is 5.73. The largest absolute Gasteiger partial charge is 0.325 e. The summed E-state index contributed by atoms with van der Waals surface area (Å²) in [5.74, 6) is 0. The fourth-order valence-electron chi connectivity index (χ4n) is 1.39. The van der Waals surface area contributed by atoms with Crippen LogP contribution in [0.25, 0.3) is 0 Å². The highest BCUT2D eigenvalue weighted by Crippen LogP contribution is 2.20. The molecule has 0 aromatic rings. The molecule has 0 bridgehead atoms. The monoisotopic (exact) mass is 167 g/mol. The molecule has 0 rings (SSSR count). The van der Waals surface area contributed by atoms with Gasteiger partial charge in [-0.2, -0.15) is 0 Å². The van der Waals surface area contributed by atoms with Crippen molar-refractivity contribution in [2.24, 2.45) is 5.73 Å². The summed E-state index contributed by atoms with van der Waals surface area (Å²) in [5.41, 5.74) is 6.08. The number of unbranched alkanes of at least 4 members (excludes halogenated alkanes) is 1. The zero-order chi connectivity index (χ0) is 9.45. The molecule has 0 amide bonds. The predicted octanol–water partition coefficient (Wildman–Crippen LogP) is 3.03. The molecule has 0 spiro atoms. The van der Waals surface area contributed by atoms with Crippen molar-refractivity contribution in [3.8, 4) is 0 Å². The molecule has 0 aromatic carbocycles. The molecule has 0 heterocycles. The van der Waals surface area contributed by atoms with Crippen LogP contribution in [0.5, 0.6) is 0 Å². The van der Waals surface area contributed by atoms with Crippen molar-refractivity contribution >= 4 is 0 Å². The zero-order valence-corrected chi connectivity index (χ0v) is 8.18. The minimum Gasteiger partial charge on any atom is -0.325 e. The van der Waals surface area contributed by atoms with Gasteiger partial charge in [-0.25, -0.2) is 0 Å². The summed E-state index contributed by atoms with van der Waals surface area (Å²) in [5, 5.41) is 0. The molecule has 2 N–H and O–H groups in total. The van der Waals surface area contributed by atoms with Gasteiger partial charge in [0.1, 0.15) is 0 Å². The molecule has 12 heavy (non-hydrogen) atoms. The van der Waals surface area contributed by atoms with Crippen molar-refractivity contribution in [2.75, 3.05) is 0 Å². The molecule has 70 valence electrons. The highest BCUT2D eigenvalue weighted by Gasteiger charge is 2.20. The van der Waals surface area contributed by atoms with Crippen LogP contribution < -0.4 is 5.73 Å². The second kappa shape index (κ2) is 6.01. The number of rotatable bonds is 7. The average molecular weight is 167 g/mol. The molecular formula is C11H21N. The predicted molar refractivity (Wildman–Crippen MR) is 56.1 cm³/mol. The lowest BCUT2D eigenvalue weighted by Crippen LogP contribution is -2.38. The van der Waals surface area contributed by atoms with Crippen LogP contribution in [-0.2, 0) is 0 Å². The summed E-state index contributed by atoms with van der Waals surface area (Å²) in [4.78, 5) is 0. The van der Waals surface area contributed by atoms with Crippen LogP contribution in [0.2, 0.25) is 0 Å². The molecule has 0 unspecified atom stereocenters. The van der Waals surface area contributed by atoms with Crippen LogP contribution in [0, 0.1) is 0 Å². The van der Waals surface area contributed by atoms with E-state index in [0.29, 0.717) is 0 Å². The van der Waals surface area contributed by atoms with Crippen molar-refractivity contribution in [3.05, 3.63) is 25.3 Å². The van der Waals surface area contributed by atoms with E-state index in [1.54, 1.807) is 0 Å². The second-order valence-corrected chi connectivity index (χ2v) is 3.45. The van der Waals surface area contributed by atoms with E-state index in [1.165, 1.54) is 12.8 Å². The van der Waals surface area contributed by atoms with E-state index in [0.717, 1.165) is 19.3 Å². The summed E-state index contributed by atoms with van der Waals surface area (Å²) in [7, 11) is 0. The first-order valence-corrected chi connectivity index (χ1v) is 4.69. The van der Waals surface area contributed by atoms with E-state index in [1.807, 2.05) is 12.2 Å². The van der Waals surface area contributed by atoms with Crippen LogP contribution in [0.4, 0.5) is 0 Å². The van der Waals surface area contributed by atoms with Gasteiger partial charge in [-0.05, 0) is 19.3 Å². The third-order valence-corrected chi connectivity index (χ3v) is 2.13. The van der Waals surface area contributed by atoms with Crippen LogP contribution in [0.1, 0.15) is 39.0 Å². The second-order valence-electron chi connectivity index (χ2n) is 3.45. The van der Waals surface area contributed by atoms with Crippen molar-refractivity contribution in [1.29, 1.82) is 0 Å². The Balaban J connectivity index is 3.96. The third-order valence-electron chi connectivity index (χ3n) is 2.13. The molecule has 0 aliphatic heterocycles. The van der Waals surface area contributed by atoms with Gasteiger partial charge >= 0.3 is 0 Å². The minimum atomic E-state index is -0.0838. The van der Waals surface area contributed by atoms with Gasteiger partial charge in [-0.1, -0.05) is 31.9 Å².